The molecule has 0 spiro atoms. The van der Waals surface area contributed by atoms with Crippen LogP contribution in [0.5, 0.6) is 0 Å². The Morgan fingerprint density at radius 2 is 2.00 bits per heavy atom. The molecule has 0 aliphatic rings. The van der Waals surface area contributed by atoms with E-state index >= 15 is 0 Å². The third-order valence-electron chi connectivity index (χ3n) is 2.40. The zero-order chi connectivity index (χ0) is 11.0. The van der Waals surface area contributed by atoms with Gasteiger partial charge in [-0.25, -0.2) is 4.68 Å². The molecule has 2 aromatic rings. The Kier molecular flexibility index (Phi) is 2.40. The predicted molar refractivity (Wildman–Crippen MR) is 60.8 cm³/mol. The highest BCUT2D eigenvalue weighted by Gasteiger charge is 2.06. The lowest BCUT2D eigenvalue weighted by Gasteiger charge is -2.08. The SMILES string of the molecule is Cc1cc(=O)n(-c2cccc(Cl)c2)n1C. The number of aryl methyl sites for hydroxylation is 1. The second-order valence-corrected chi connectivity index (χ2v) is 3.88. The Labute approximate surface area is 92.5 Å². The average Bonchev–Trinajstić information content (AvgIpc) is 2.41. The zero-order valence-corrected chi connectivity index (χ0v) is 9.32. The first-order valence-corrected chi connectivity index (χ1v) is 4.99. The summed E-state index contributed by atoms with van der Waals surface area (Å²) in [4.78, 5) is 11.7. The Morgan fingerprint density at radius 1 is 1.27 bits per heavy atom. The molecule has 2 rings (SSSR count). The standard InChI is InChI=1S/C11H11ClN2O/c1-8-6-11(15)14(13(8)2)10-5-3-4-9(12)7-10/h3-7H,1-2H3. The van der Waals surface area contributed by atoms with E-state index in [-0.39, 0.29) is 5.56 Å². The Hall–Kier alpha value is -1.48. The maximum atomic E-state index is 11.7. The van der Waals surface area contributed by atoms with Crippen molar-refractivity contribution in [2.75, 3.05) is 0 Å². The third-order valence-corrected chi connectivity index (χ3v) is 2.64. The highest BCUT2D eigenvalue weighted by atomic mass is 35.5. The fraction of sp³-hybridized carbons (Fsp3) is 0.182. The van der Waals surface area contributed by atoms with Gasteiger partial charge in [0.25, 0.3) is 5.56 Å². The Balaban J connectivity index is 2.69. The van der Waals surface area contributed by atoms with Gasteiger partial charge in [-0.15, -0.1) is 0 Å². The minimum atomic E-state index is -0.0442. The molecule has 3 nitrogen and oxygen atoms in total. The van der Waals surface area contributed by atoms with Crippen molar-refractivity contribution in [2.45, 2.75) is 6.92 Å². The van der Waals surface area contributed by atoms with Crippen molar-refractivity contribution in [3.05, 3.63) is 51.4 Å². The second kappa shape index (κ2) is 3.59. The van der Waals surface area contributed by atoms with Crippen LogP contribution in [0.4, 0.5) is 0 Å². The number of nitrogens with zero attached hydrogens (tertiary/aromatic N) is 2. The lowest BCUT2D eigenvalue weighted by atomic mass is 10.3. The van der Waals surface area contributed by atoms with Crippen LogP contribution in [0.15, 0.2) is 35.1 Å². The van der Waals surface area contributed by atoms with Crippen LogP contribution in [0.2, 0.25) is 5.02 Å². The van der Waals surface area contributed by atoms with Crippen LogP contribution in [0, 0.1) is 6.92 Å². The number of rotatable bonds is 1. The largest absolute Gasteiger partial charge is 0.285 e. The molecule has 0 bridgehead atoms. The summed E-state index contributed by atoms with van der Waals surface area (Å²) < 4.78 is 3.38. The van der Waals surface area contributed by atoms with E-state index in [1.807, 2.05) is 26.1 Å². The van der Waals surface area contributed by atoms with Crippen molar-refractivity contribution in [2.24, 2.45) is 7.05 Å². The monoisotopic (exact) mass is 222 g/mol. The van der Waals surface area contributed by atoms with Crippen molar-refractivity contribution in [3.63, 3.8) is 0 Å². The molecular weight excluding hydrogens is 212 g/mol. The highest BCUT2D eigenvalue weighted by Crippen LogP contribution is 2.13. The molecule has 1 aromatic heterocycles. The van der Waals surface area contributed by atoms with Gasteiger partial charge in [0.15, 0.2) is 0 Å². The smallest absolute Gasteiger partial charge is 0.271 e. The van der Waals surface area contributed by atoms with Crippen molar-refractivity contribution >= 4 is 11.6 Å². The van der Waals surface area contributed by atoms with E-state index in [1.54, 1.807) is 27.6 Å². The molecule has 0 saturated carbocycles. The van der Waals surface area contributed by atoms with Crippen molar-refractivity contribution in [3.8, 4) is 5.69 Å². The van der Waals surface area contributed by atoms with Crippen molar-refractivity contribution in [1.82, 2.24) is 9.36 Å². The van der Waals surface area contributed by atoms with Gasteiger partial charge in [-0.1, -0.05) is 17.7 Å². The normalized spacial score (nSPS) is 10.6. The fourth-order valence-electron chi connectivity index (χ4n) is 1.55. The third kappa shape index (κ3) is 1.70. The van der Waals surface area contributed by atoms with Gasteiger partial charge in [0, 0.05) is 23.8 Å². The molecular formula is C11H11ClN2O. The van der Waals surface area contributed by atoms with Gasteiger partial charge >= 0.3 is 0 Å². The van der Waals surface area contributed by atoms with Crippen LogP contribution in [0.3, 0.4) is 0 Å². The van der Waals surface area contributed by atoms with Crippen LogP contribution in [-0.2, 0) is 7.05 Å². The summed E-state index contributed by atoms with van der Waals surface area (Å²) in [7, 11) is 1.84. The van der Waals surface area contributed by atoms with Crippen LogP contribution < -0.4 is 5.56 Å². The van der Waals surface area contributed by atoms with Gasteiger partial charge in [-0.3, -0.25) is 9.48 Å². The van der Waals surface area contributed by atoms with Crippen LogP contribution >= 0.6 is 11.6 Å². The van der Waals surface area contributed by atoms with Crippen molar-refractivity contribution in [1.29, 1.82) is 0 Å². The van der Waals surface area contributed by atoms with E-state index in [0.717, 1.165) is 11.4 Å². The summed E-state index contributed by atoms with van der Waals surface area (Å²) in [6.07, 6.45) is 0. The molecule has 0 aliphatic carbocycles. The first kappa shape index (κ1) is 10.1. The lowest BCUT2D eigenvalue weighted by molar-refractivity contribution is 0.630. The number of benzene rings is 1. The molecule has 78 valence electrons. The van der Waals surface area contributed by atoms with E-state index in [4.69, 9.17) is 11.6 Å². The molecule has 0 amide bonds. The molecule has 0 aliphatic heterocycles. The summed E-state index contributed by atoms with van der Waals surface area (Å²) >= 11 is 5.88. The minimum absolute atomic E-state index is 0.0442. The molecule has 1 heterocycles. The molecule has 4 heteroatoms. The van der Waals surface area contributed by atoms with E-state index in [9.17, 15) is 4.79 Å². The number of hydrogen-bond acceptors (Lipinski definition) is 1. The van der Waals surface area contributed by atoms with Crippen LogP contribution in [0.25, 0.3) is 5.69 Å². The van der Waals surface area contributed by atoms with Gasteiger partial charge < -0.3 is 0 Å². The van der Waals surface area contributed by atoms with Gasteiger partial charge in [0.05, 0.1) is 5.69 Å². The molecule has 15 heavy (non-hydrogen) atoms. The topological polar surface area (TPSA) is 26.9 Å². The molecule has 1 aromatic carbocycles. The highest BCUT2D eigenvalue weighted by molar-refractivity contribution is 6.30. The van der Waals surface area contributed by atoms with Gasteiger partial charge in [-0.2, -0.15) is 0 Å². The van der Waals surface area contributed by atoms with Crippen LogP contribution in [0.1, 0.15) is 5.69 Å². The van der Waals surface area contributed by atoms with Crippen molar-refractivity contribution < 1.29 is 0 Å². The van der Waals surface area contributed by atoms with E-state index in [1.165, 1.54) is 0 Å². The summed E-state index contributed by atoms with van der Waals surface area (Å²) in [5.74, 6) is 0. The quantitative estimate of drug-likeness (QED) is 0.726. The number of aromatic nitrogens is 2. The van der Waals surface area contributed by atoms with E-state index < -0.39 is 0 Å². The van der Waals surface area contributed by atoms with Gasteiger partial charge in [0.1, 0.15) is 0 Å². The average molecular weight is 223 g/mol. The molecule has 0 fully saturated rings. The molecule has 0 N–H and O–H groups in total. The molecule has 0 atom stereocenters. The number of hydrogen-bond donors (Lipinski definition) is 0. The summed E-state index contributed by atoms with van der Waals surface area (Å²) in [6.45, 7) is 1.89. The zero-order valence-electron chi connectivity index (χ0n) is 8.57. The Morgan fingerprint density at radius 3 is 2.53 bits per heavy atom. The Bertz CT molecular complexity index is 554. The first-order chi connectivity index (χ1) is 7.09. The first-order valence-electron chi connectivity index (χ1n) is 4.61. The lowest BCUT2D eigenvalue weighted by Crippen LogP contribution is -2.19. The summed E-state index contributed by atoms with van der Waals surface area (Å²) in [5, 5.41) is 0.623. The summed E-state index contributed by atoms with van der Waals surface area (Å²) in [6, 6.07) is 8.83. The van der Waals surface area contributed by atoms with E-state index in [2.05, 4.69) is 0 Å². The minimum Gasteiger partial charge on any atom is -0.285 e. The molecule has 0 radical (unpaired) electrons. The van der Waals surface area contributed by atoms with E-state index in [0.29, 0.717) is 5.02 Å². The fourth-order valence-corrected chi connectivity index (χ4v) is 1.73. The maximum Gasteiger partial charge on any atom is 0.271 e. The second-order valence-electron chi connectivity index (χ2n) is 3.44. The maximum absolute atomic E-state index is 11.7. The predicted octanol–water partition coefficient (Wildman–Crippen LogP) is 2.14. The van der Waals surface area contributed by atoms with Gasteiger partial charge in [-0.05, 0) is 25.1 Å². The van der Waals surface area contributed by atoms with Crippen LogP contribution in [-0.4, -0.2) is 9.36 Å². The summed E-state index contributed by atoms with van der Waals surface area (Å²) in [5.41, 5.74) is 1.65. The molecule has 0 unspecified atom stereocenters. The molecule has 0 saturated heterocycles. The number of halogens is 1. The van der Waals surface area contributed by atoms with Gasteiger partial charge in [0.2, 0.25) is 0 Å².